The summed E-state index contributed by atoms with van der Waals surface area (Å²) in [6.45, 7) is 7.62. The maximum absolute atomic E-state index is 13.1. The van der Waals surface area contributed by atoms with Gasteiger partial charge in [0.2, 0.25) is 0 Å². The van der Waals surface area contributed by atoms with Crippen LogP contribution in [-0.4, -0.2) is 45.6 Å². The van der Waals surface area contributed by atoms with E-state index in [4.69, 9.17) is 0 Å². The number of fused-ring (bicyclic) bond motifs is 1. The van der Waals surface area contributed by atoms with Crippen LogP contribution in [0, 0.1) is 13.8 Å². The molecule has 0 radical (unpaired) electrons. The van der Waals surface area contributed by atoms with Crippen LogP contribution < -0.4 is 5.56 Å². The number of nitrogens with zero attached hydrogens (tertiary/aromatic N) is 3. The molecule has 0 amide bonds. The minimum atomic E-state index is -3.02. The summed E-state index contributed by atoms with van der Waals surface area (Å²) >= 11 is 1.26. The van der Waals surface area contributed by atoms with Gasteiger partial charge in [0.15, 0.2) is 20.8 Å². The summed E-state index contributed by atoms with van der Waals surface area (Å²) in [5.74, 6) is 0.389. The number of hydrogen-bond donors (Lipinski definition) is 0. The van der Waals surface area contributed by atoms with Crippen molar-refractivity contribution in [2.75, 3.05) is 17.3 Å². The molecule has 2 aromatic heterocycles. The van der Waals surface area contributed by atoms with Crippen molar-refractivity contribution >= 4 is 38.3 Å². The van der Waals surface area contributed by atoms with Gasteiger partial charge in [-0.15, -0.1) is 0 Å². The van der Waals surface area contributed by atoms with E-state index in [2.05, 4.69) is 4.98 Å². The highest BCUT2D eigenvalue weighted by molar-refractivity contribution is 7.99. The van der Waals surface area contributed by atoms with Crippen molar-refractivity contribution in [2.24, 2.45) is 0 Å². The van der Waals surface area contributed by atoms with Crippen molar-refractivity contribution in [3.63, 3.8) is 0 Å². The van der Waals surface area contributed by atoms with Gasteiger partial charge in [-0.05, 0) is 52.3 Å². The Kier molecular flexibility index (Phi) is 6.06. The summed E-state index contributed by atoms with van der Waals surface area (Å²) < 4.78 is 27.5. The Morgan fingerprint density at radius 1 is 1.25 bits per heavy atom. The van der Waals surface area contributed by atoms with E-state index >= 15 is 0 Å². The van der Waals surface area contributed by atoms with Crippen LogP contribution in [0.2, 0.25) is 0 Å². The molecular formula is C23H27N3O4S2. The molecular weight excluding hydrogens is 446 g/mol. The molecule has 1 aliphatic rings. The molecule has 7 nitrogen and oxygen atoms in total. The third-order valence-corrected chi connectivity index (χ3v) is 8.69. The smallest absolute Gasteiger partial charge is 0.262 e. The van der Waals surface area contributed by atoms with Crippen molar-refractivity contribution < 1.29 is 13.2 Å². The second kappa shape index (κ2) is 8.51. The molecule has 4 rings (SSSR count). The molecule has 170 valence electrons. The van der Waals surface area contributed by atoms with E-state index in [0.717, 1.165) is 11.4 Å². The number of thioether (sulfide) groups is 1. The number of carbonyl (C=O) groups is 1. The van der Waals surface area contributed by atoms with Gasteiger partial charge in [-0.3, -0.25) is 14.2 Å². The Labute approximate surface area is 191 Å². The first-order valence-electron chi connectivity index (χ1n) is 10.6. The summed E-state index contributed by atoms with van der Waals surface area (Å²) in [6, 6.07) is 8.85. The maximum atomic E-state index is 13.1. The van der Waals surface area contributed by atoms with Crippen LogP contribution in [0.3, 0.4) is 0 Å². The average molecular weight is 474 g/mol. The van der Waals surface area contributed by atoms with Gasteiger partial charge in [-0.25, -0.2) is 13.4 Å². The number of sulfone groups is 1. The van der Waals surface area contributed by atoms with Crippen molar-refractivity contribution in [1.29, 1.82) is 0 Å². The summed E-state index contributed by atoms with van der Waals surface area (Å²) in [6.07, 6.45) is 0.572. The van der Waals surface area contributed by atoms with Crippen LogP contribution in [0.4, 0.5) is 0 Å². The number of benzene rings is 1. The number of aryl methyl sites for hydroxylation is 1. The zero-order chi connectivity index (χ0) is 23.2. The van der Waals surface area contributed by atoms with Crippen LogP contribution in [0.25, 0.3) is 10.9 Å². The molecule has 0 bridgehead atoms. The van der Waals surface area contributed by atoms with Gasteiger partial charge in [0, 0.05) is 29.0 Å². The summed E-state index contributed by atoms with van der Waals surface area (Å²) in [5.41, 5.74) is 2.79. The minimum absolute atomic E-state index is 0.0621. The molecule has 32 heavy (non-hydrogen) atoms. The van der Waals surface area contributed by atoms with Crippen LogP contribution in [-0.2, 0) is 9.84 Å². The van der Waals surface area contributed by atoms with Gasteiger partial charge in [-0.2, -0.15) is 0 Å². The summed E-state index contributed by atoms with van der Waals surface area (Å²) in [5, 5.41) is 1.08. The second-order valence-electron chi connectivity index (χ2n) is 8.60. The third kappa shape index (κ3) is 4.15. The van der Waals surface area contributed by atoms with Crippen molar-refractivity contribution in [2.45, 2.75) is 51.4 Å². The normalized spacial score (nSPS) is 18.0. The molecule has 3 aromatic rings. The maximum Gasteiger partial charge on any atom is 0.262 e. The number of rotatable bonds is 6. The molecule has 1 fully saturated rings. The average Bonchev–Trinajstić information content (AvgIpc) is 3.23. The molecule has 1 aliphatic heterocycles. The first-order chi connectivity index (χ1) is 15.1. The highest BCUT2D eigenvalue weighted by atomic mass is 32.2. The van der Waals surface area contributed by atoms with E-state index in [1.165, 1.54) is 11.8 Å². The largest absolute Gasteiger partial charge is 0.344 e. The number of hydrogen-bond acceptors (Lipinski definition) is 6. The number of Topliss-reactive ketones (excluding diaryl/α,β-unsaturated/α-hetero) is 1. The standard InChI is InChI=1S/C23H27N3O4S2/c1-14(2)25-22(28)18-7-5-6-8-20(18)24-23(25)31-12-21(27)19-11-15(3)26(16(19)4)17-9-10-32(29,30)13-17/h5-8,11,14,17H,9-10,12-13H2,1-4H3. The third-order valence-electron chi connectivity index (χ3n) is 5.98. The Bertz CT molecular complexity index is 1370. The number of ketones is 1. The van der Waals surface area contributed by atoms with Crippen molar-refractivity contribution in [1.82, 2.24) is 14.1 Å². The fourth-order valence-corrected chi connectivity index (χ4v) is 7.20. The Morgan fingerprint density at radius 2 is 1.97 bits per heavy atom. The van der Waals surface area contributed by atoms with E-state index in [0.29, 0.717) is 28.0 Å². The van der Waals surface area contributed by atoms with Crippen LogP contribution in [0.15, 0.2) is 40.3 Å². The summed E-state index contributed by atoms with van der Waals surface area (Å²) in [4.78, 5) is 30.7. The Hall–Kier alpha value is -2.39. The first-order valence-corrected chi connectivity index (χ1v) is 13.5. The molecule has 1 unspecified atom stereocenters. The quantitative estimate of drug-likeness (QED) is 0.308. The van der Waals surface area contributed by atoms with E-state index in [1.807, 2.05) is 50.5 Å². The van der Waals surface area contributed by atoms with Gasteiger partial charge in [0.1, 0.15) is 0 Å². The molecule has 0 N–H and O–H groups in total. The molecule has 3 heterocycles. The fraction of sp³-hybridized carbons (Fsp3) is 0.435. The van der Waals surface area contributed by atoms with E-state index < -0.39 is 9.84 Å². The molecule has 0 aliphatic carbocycles. The van der Waals surface area contributed by atoms with Crippen LogP contribution in [0.1, 0.15) is 54.1 Å². The van der Waals surface area contributed by atoms with E-state index in [1.54, 1.807) is 16.7 Å². The predicted octanol–water partition coefficient (Wildman–Crippen LogP) is 3.73. The van der Waals surface area contributed by atoms with E-state index in [-0.39, 0.29) is 40.7 Å². The Balaban J connectivity index is 1.61. The number of carbonyl (C=O) groups excluding carboxylic acids is 1. The lowest BCUT2D eigenvalue weighted by Crippen LogP contribution is -2.25. The highest BCUT2D eigenvalue weighted by Gasteiger charge is 2.31. The van der Waals surface area contributed by atoms with Gasteiger partial charge >= 0.3 is 0 Å². The van der Waals surface area contributed by atoms with Gasteiger partial charge in [0.05, 0.1) is 28.2 Å². The lowest BCUT2D eigenvalue weighted by Gasteiger charge is -2.17. The molecule has 9 heteroatoms. The topological polar surface area (TPSA) is 91.0 Å². The number of aromatic nitrogens is 3. The van der Waals surface area contributed by atoms with Crippen molar-refractivity contribution in [3.05, 3.63) is 57.6 Å². The molecule has 0 saturated carbocycles. The summed E-state index contributed by atoms with van der Waals surface area (Å²) in [7, 11) is -3.02. The SMILES string of the molecule is Cc1cc(C(=O)CSc2nc3ccccc3c(=O)n2C(C)C)c(C)n1C1CCS(=O)(=O)C1. The molecule has 1 atom stereocenters. The predicted molar refractivity (Wildman–Crippen MR) is 128 cm³/mol. The molecule has 0 spiro atoms. The highest BCUT2D eigenvalue weighted by Crippen LogP contribution is 2.30. The zero-order valence-corrected chi connectivity index (χ0v) is 20.3. The van der Waals surface area contributed by atoms with Gasteiger partial charge in [-0.1, -0.05) is 23.9 Å². The van der Waals surface area contributed by atoms with E-state index in [9.17, 15) is 18.0 Å². The van der Waals surface area contributed by atoms with Crippen LogP contribution >= 0.6 is 11.8 Å². The fourth-order valence-electron chi connectivity index (χ4n) is 4.49. The lowest BCUT2D eigenvalue weighted by atomic mass is 10.2. The van der Waals surface area contributed by atoms with Gasteiger partial charge < -0.3 is 4.57 Å². The minimum Gasteiger partial charge on any atom is -0.344 e. The second-order valence-corrected chi connectivity index (χ2v) is 11.8. The van der Waals surface area contributed by atoms with Crippen LogP contribution in [0.5, 0.6) is 0 Å². The monoisotopic (exact) mass is 473 g/mol. The zero-order valence-electron chi connectivity index (χ0n) is 18.7. The van der Waals surface area contributed by atoms with Crippen molar-refractivity contribution in [3.8, 4) is 0 Å². The first kappa shape index (κ1) is 22.8. The molecule has 1 saturated heterocycles. The molecule has 1 aromatic carbocycles. The Morgan fingerprint density at radius 3 is 2.62 bits per heavy atom. The lowest BCUT2D eigenvalue weighted by molar-refractivity contribution is 0.102. The van der Waals surface area contributed by atoms with Gasteiger partial charge in [0.25, 0.3) is 5.56 Å². The number of para-hydroxylation sites is 1.